The lowest BCUT2D eigenvalue weighted by Crippen LogP contribution is -2.42. The van der Waals surface area contributed by atoms with Crippen LogP contribution in [0.25, 0.3) is 16.8 Å². The summed E-state index contributed by atoms with van der Waals surface area (Å²) in [6.45, 7) is 14.1. The lowest BCUT2D eigenvalue weighted by atomic mass is 10.0. The quantitative estimate of drug-likeness (QED) is 0.352. The molecule has 0 atom stereocenters. The third-order valence-corrected chi connectivity index (χ3v) is 12.6. The third kappa shape index (κ3) is 4.44. The standard InChI is InChI=1S/C23H33FO2Si/c1-16(2)27(17(3)4,18(5)6)13-12-22-21-10-9-20(26-15-25-7)14-19(21)8-11-23(22)24/h8-14,16-18H,15H2,1-7H3/b13-12+. The largest absolute Gasteiger partial charge is 0.468 e. The average molecular weight is 389 g/mol. The zero-order valence-corrected chi connectivity index (χ0v) is 18.7. The molecule has 2 aromatic rings. The van der Waals surface area contributed by atoms with E-state index in [9.17, 15) is 4.39 Å². The summed E-state index contributed by atoms with van der Waals surface area (Å²) in [6, 6.07) is 9.09. The topological polar surface area (TPSA) is 18.5 Å². The number of ether oxygens (including phenoxy) is 2. The number of fused-ring (bicyclic) bond motifs is 1. The molecule has 0 N–H and O–H groups in total. The van der Waals surface area contributed by atoms with Crippen LogP contribution in [0.15, 0.2) is 36.0 Å². The molecule has 0 unspecified atom stereocenters. The summed E-state index contributed by atoms with van der Waals surface area (Å²) >= 11 is 0. The molecule has 27 heavy (non-hydrogen) atoms. The van der Waals surface area contributed by atoms with E-state index in [0.717, 1.165) is 16.5 Å². The van der Waals surface area contributed by atoms with E-state index < -0.39 is 8.07 Å². The molecule has 0 spiro atoms. The van der Waals surface area contributed by atoms with Gasteiger partial charge in [0.05, 0.1) is 8.07 Å². The fourth-order valence-corrected chi connectivity index (χ4v) is 10.1. The SMILES string of the molecule is COCOc1ccc2c(/C=C/[Si](C(C)C)(C(C)C)C(C)C)c(F)ccc2c1. The first-order valence-electron chi connectivity index (χ1n) is 9.77. The molecule has 0 bridgehead atoms. The van der Waals surface area contributed by atoms with Gasteiger partial charge in [0.2, 0.25) is 0 Å². The van der Waals surface area contributed by atoms with Crippen molar-refractivity contribution in [1.29, 1.82) is 0 Å². The van der Waals surface area contributed by atoms with E-state index in [1.54, 1.807) is 19.2 Å². The van der Waals surface area contributed by atoms with Crippen LogP contribution in [0.2, 0.25) is 16.6 Å². The maximum atomic E-state index is 14.7. The average Bonchev–Trinajstić information content (AvgIpc) is 2.61. The highest BCUT2D eigenvalue weighted by Crippen LogP contribution is 2.43. The Morgan fingerprint density at radius 2 is 1.59 bits per heavy atom. The lowest BCUT2D eigenvalue weighted by Gasteiger charge is -2.40. The van der Waals surface area contributed by atoms with Crippen LogP contribution in [-0.2, 0) is 4.74 Å². The first kappa shape index (κ1) is 21.6. The predicted octanol–water partition coefficient (Wildman–Crippen LogP) is 7.19. The van der Waals surface area contributed by atoms with Crippen LogP contribution in [0, 0.1) is 5.82 Å². The number of benzene rings is 2. The van der Waals surface area contributed by atoms with Gasteiger partial charge in [0.15, 0.2) is 6.79 Å². The number of methoxy groups -OCH3 is 1. The van der Waals surface area contributed by atoms with E-state index >= 15 is 0 Å². The summed E-state index contributed by atoms with van der Waals surface area (Å²) in [5, 5.41) is 1.88. The summed E-state index contributed by atoms with van der Waals surface area (Å²) in [5.41, 5.74) is 4.84. The summed E-state index contributed by atoms with van der Waals surface area (Å²) < 4.78 is 25.2. The summed E-state index contributed by atoms with van der Waals surface area (Å²) in [5.74, 6) is 0.546. The third-order valence-electron chi connectivity index (χ3n) is 5.86. The molecular weight excluding hydrogens is 355 g/mol. The van der Waals surface area contributed by atoms with E-state index in [1.807, 2.05) is 24.3 Å². The van der Waals surface area contributed by atoms with Crippen LogP contribution < -0.4 is 4.74 Å². The van der Waals surface area contributed by atoms with Gasteiger partial charge in [0, 0.05) is 12.7 Å². The van der Waals surface area contributed by atoms with Gasteiger partial charge in [-0.2, -0.15) is 0 Å². The Morgan fingerprint density at radius 3 is 2.15 bits per heavy atom. The van der Waals surface area contributed by atoms with Crippen molar-refractivity contribution in [3.63, 3.8) is 0 Å². The minimum atomic E-state index is -1.74. The normalized spacial score (nSPS) is 12.9. The van der Waals surface area contributed by atoms with Gasteiger partial charge in [-0.05, 0) is 51.7 Å². The van der Waals surface area contributed by atoms with Crippen LogP contribution >= 0.6 is 0 Å². The highest BCUT2D eigenvalue weighted by atomic mass is 28.3. The smallest absolute Gasteiger partial charge is 0.188 e. The molecule has 2 rings (SSSR count). The van der Waals surface area contributed by atoms with E-state index in [1.165, 1.54) is 0 Å². The highest BCUT2D eigenvalue weighted by Gasteiger charge is 2.40. The second kappa shape index (κ2) is 9.02. The van der Waals surface area contributed by atoms with Gasteiger partial charge >= 0.3 is 0 Å². The molecule has 4 heteroatoms. The van der Waals surface area contributed by atoms with Crippen LogP contribution in [-0.4, -0.2) is 22.0 Å². The van der Waals surface area contributed by atoms with Gasteiger partial charge in [0.1, 0.15) is 11.6 Å². The van der Waals surface area contributed by atoms with Gasteiger partial charge in [0.25, 0.3) is 0 Å². The van der Waals surface area contributed by atoms with Gasteiger partial charge in [-0.3, -0.25) is 0 Å². The Kier molecular flexibility index (Phi) is 7.23. The van der Waals surface area contributed by atoms with Crippen LogP contribution in [0.5, 0.6) is 5.75 Å². The molecular formula is C23H33FO2Si. The molecule has 0 saturated heterocycles. The monoisotopic (exact) mass is 388 g/mol. The summed E-state index contributed by atoms with van der Waals surface area (Å²) in [7, 11) is -0.147. The second-order valence-corrected chi connectivity index (χ2v) is 14.0. The molecule has 2 nitrogen and oxygen atoms in total. The van der Waals surface area contributed by atoms with Gasteiger partial charge in [-0.1, -0.05) is 59.4 Å². The molecule has 0 amide bonds. The Hall–Kier alpha value is -1.65. The molecule has 0 aromatic heterocycles. The number of rotatable bonds is 8. The van der Waals surface area contributed by atoms with Crippen molar-refractivity contribution in [2.45, 2.75) is 58.2 Å². The first-order valence-corrected chi connectivity index (χ1v) is 12.1. The Balaban J connectivity index is 2.53. The van der Waals surface area contributed by atoms with E-state index in [0.29, 0.717) is 22.2 Å². The van der Waals surface area contributed by atoms with Crippen LogP contribution in [0.3, 0.4) is 0 Å². The molecule has 0 aliphatic rings. The highest BCUT2D eigenvalue weighted by molar-refractivity contribution is 6.88. The van der Waals surface area contributed by atoms with Crippen LogP contribution in [0.1, 0.15) is 47.1 Å². The van der Waals surface area contributed by atoms with Gasteiger partial charge in [-0.15, -0.1) is 0 Å². The summed E-state index contributed by atoms with van der Waals surface area (Å²) in [6.07, 6.45) is 2.04. The van der Waals surface area contributed by atoms with Crippen molar-refractivity contribution in [2.24, 2.45) is 0 Å². The fourth-order valence-electron chi connectivity index (χ4n) is 4.50. The number of hydrogen-bond donors (Lipinski definition) is 0. The zero-order valence-electron chi connectivity index (χ0n) is 17.7. The minimum Gasteiger partial charge on any atom is -0.468 e. The lowest BCUT2D eigenvalue weighted by molar-refractivity contribution is 0.0512. The number of hydrogen-bond acceptors (Lipinski definition) is 2. The molecule has 0 heterocycles. The van der Waals surface area contributed by atoms with Crippen molar-refractivity contribution >= 4 is 24.9 Å². The molecule has 0 radical (unpaired) electrons. The molecule has 0 aliphatic carbocycles. The van der Waals surface area contributed by atoms with Gasteiger partial charge < -0.3 is 9.47 Å². The zero-order chi connectivity index (χ0) is 20.2. The summed E-state index contributed by atoms with van der Waals surface area (Å²) in [4.78, 5) is 0. The Labute approximate surface area is 164 Å². The molecule has 0 aliphatic heterocycles. The van der Waals surface area contributed by atoms with Crippen molar-refractivity contribution < 1.29 is 13.9 Å². The van der Waals surface area contributed by atoms with E-state index in [4.69, 9.17) is 9.47 Å². The van der Waals surface area contributed by atoms with Crippen molar-refractivity contribution in [3.8, 4) is 5.75 Å². The van der Waals surface area contributed by atoms with Crippen molar-refractivity contribution in [3.05, 3.63) is 47.4 Å². The van der Waals surface area contributed by atoms with E-state index in [-0.39, 0.29) is 12.6 Å². The Morgan fingerprint density at radius 1 is 0.963 bits per heavy atom. The maximum absolute atomic E-state index is 14.7. The predicted molar refractivity (Wildman–Crippen MR) is 116 cm³/mol. The molecule has 2 aromatic carbocycles. The molecule has 0 saturated carbocycles. The minimum absolute atomic E-state index is 0.177. The van der Waals surface area contributed by atoms with Crippen molar-refractivity contribution in [2.75, 3.05) is 13.9 Å². The number of halogens is 1. The molecule has 0 fully saturated rings. The second-order valence-electron chi connectivity index (χ2n) is 8.19. The Bertz CT molecular complexity index is 775. The first-order chi connectivity index (χ1) is 12.7. The van der Waals surface area contributed by atoms with Gasteiger partial charge in [-0.25, -0.2) is 4.39 Å². The fraction of sp³-hybridized carbons (Fsp3) is 0.478. The van der Waals surface area contributed by atoms with Crippen LogP contribution in [0.4, 0.5) is 4.39 Å². The van der Waals surface area contributed by atoms with Crippen molar-refractivity contribution in [1.82, 2.24) is 0 Å². The molecule has 148 valence electrons. The van der Waals surface area contributed by atoms with E-state index in [2.05, 4.69) is 47.2 Å². The maximum Gasteiger partial charge on any atom is 0.188 e.